The molecule has 0 aliphatic carbocycles. The van der Waals surface area contributed by atoms with E-state index < -0.39 is 41.7 Å². The van der Waals surface area contributed by atoms with Crippen LogP contribution in [0.15, 0.2) is 29.3 Å². The number of benzene rings is 1. The van der Waals surface area contributed by atoms with Crippen molar-refractivity contribution < 1.29 is 28.4 Å². The van der Waals surface area contributed by atoms with Crippen molar-refractivity contribution in [2.75, 3.05) is 0 Å². The van der Waals surface area contributed by atoms with Gasteiger partial charge in [0.1, 0.15) is 11.2 Å². The Hall–Kier alpha value is -2.59. The maximum atomic E-state index is 12.2. The summed E-state index contributed by atoms with van der Waals surface area (Å²) in [5, 5.41) is 4.94. The molecule has 1 aromatic rings. The van der Waals surface area contributed by atoms with E-state index in [1.165, 1.54) is 0 Å². The maximum absolute atomic E-state index is 12.2. The molecule has 0 unspecified atom stereocenters. The van der Waals surface area contributed by atoms with Crippen molar-refractivity contribution in [3.8, 4) is 0 Å². The van der Waals surface area contributed by atoms with Gasteiger partial charge in [0.2, 0.25) is 5.96 Å². The second-order valence-electron chi connectivity index (χ2n) is 11.2. The monoisotopic (exact) mass is 475 g/mol. The number of amides is 2. The van der Waals surface area contributed by atoms with Crippen molar-refractivity contribution in [1.29, 1.82) is 0 Å². The second kappa shape index (κ2) is 9.96. The number of nitrogens with one attached hydrogen (secondary N) is 2. The lowest BCUT2D eigenvalue weighted by atomic mass is 9.79. The van der Waals surface area contributed by atoms with Crippen molar-refractivity contribution >= 4 is 30.7 Å². The Balaban J connectivity index is 2.11. The van der Waals surface area contributed by atoms with Crippen LogP contribution in [0.4, 0.5) is 9.59 Å². The molecule has 1 fully saturated rings. The summed E-state index contributed by atoms with van der Waals surface area (Å²) in [5.74, 6) is -0.0708. The van der Waals surface area contributed by atoms with Crippen molar-refractivity contribution in [3.63, 3.8) is 0 Å². The molecule has 0 bridgehead atoms. The van der Waals surface area contributed by atoms with Gasteiger partial charge in [-0.3, -0.25) is 10.6 Å². The van der Waals surface area contributed by atoms with Gasteiger partial charge in [-0.1, -0.05) is 24.3 Å². The second-order valence-corrected chi connectivity index (χ2v) is 11.2. The van der Waals surface area contributed by atoms with E-state index in [0.29, 0.717) is 0 Å². The number of aliphatic imine (C=N–C) groups is 1. The van der Waals surface area contributed by atoms with Gasteiger partial charge in [-0.2, -0.15) is 0 Å². The van der Waals surface area contributed by atoms with Crippen molar-refractivity contribution in [3.05, 3.63) is 29.8 Å². The van der Waals surface area contributed by atoms with Gasteiger partial charge in [-0.25, -0.2) is 14.6 Å². The van der Waals surface area contributed by atoms with E-state index in [-0.39, 0.29) is 12.5 Å². The summed E-state index contributed by atoms with van der Waals surface area (Å²) in [6.07, 6.45) is -1.48. The van der Waals surface area contributed by atoms with Gasteiger partial charge >= 0.3 is 19.3 Å². The molecule has 0 spiro atoms. The SMILES string of the molecule is CC(C)(C)OC(=O)NC(=NCc1ccc(B2OC(C)(C)C(C)(C)O2)cc1)NC(=O)OC(C)(C)C. The molecule has 1 aliphatic heterocycles. The molecule has 2 amide bonds. The highest BCUT2D eigenvalue weighted by molar-refractivity contribution is 6.62. The zero-order valence-electron chi connectivity index (χ0n) is 22.0. The first-order valence-electron chi connectivity index (χ1n) is 11.4. The van der Waals surface area contributed by atoms with Crippen LogP contribution in [0.25, 0.3) is 0 Å². The molecule has 1 heterocycles. The topological polar surface area (TPSA) is 107 Å². The fourth-order valence-corrected chi connectivity index (χ4v) is 2.84. The molecular weight excluding hydrogens is 437 g/mol. The fraction of sp³-hybridized carbons (Fsp3) is 0.625. The number of nitrogens with zero attached hydrogens (tertiary/aromatic N) is 1. The Morgan fingerprint density at radius 2 is 1.26 bits per heavy atom. The molecule has 2 N–H and O–H groups in total. The Bertz CT molecular complexity index is 866. The highest BCUT2D eigenvalue weighted by Gasteiger charge is 2.51. The summed E-state index contributed by atoms with van der Waals surface area (Å²) in [4.78, 5) is 28.8. The lowest BCUT2D eigenvalue weighted by molar-refractivity contribution is 0.00578. The Morgan fingerprint density at radius 1 is 0.853 bits per heavy atom. The highest BCUT2D eigenvalue weighted by atomic mass is 16.7. The quantitative estimate of drug-likeness (QED) is 0.390. The third-order valence-corrected chi connectivity index (χ3v) is 5.16. The first kappa shape index (κ1) is 27.7. The molecule has 1 aromatic carbocycles. The lowest BCUT2D eigenvalue weighted by Gasteiger charge is -2.32. The van der Waals surface area contributed by atoms with Gasteiger partial charge in [0, 0.05) is 0 Å². The fourth-order valence-electron chi connectivity index (χ4n) is 2.84. The summed E-state index contributed by atoms with van der Waals surface area (Å²) in [6, 6.07) is 7.61. The zero-order valence-corrected chi connectivity index (χ0v) is 22.0. The van der Waals surface area contributed by atoms with E-state index in [1.807, 2.05) is 52.0 Å². The van der Waals surface area contributed by atoms with E-state index in [9.17, 15) is 9.59 Å². The third kappa shape index (κ3) is 8.32. The standard InChI is InChI=1S/C24H38BN3O6/c1-21(2,3)31-19(29)27-18(28-20(30)32-22(4,5)6)26-15-16-11-13-17(14-12-16)25-33-23(7,8)24(9,10)34-25/h11-14H,15H2,1-10H3,(H2,26,27,28,29,30). The average Bonchev–Trinajstić information content (AvgIpc) is 2.84. The molecule has 0 aromatic heterocycles. The minimum atomic E-state index is -0.738. The summed E-state index contributed by atoms with van der Waals surface area (Å²) >= 11 is 0. The predicted molar refractivity (Wildman–Crippen MR) is 132 cm³/mol. The third-order valence-electron chi connectivity index (χ3n) is 5.16. The van der Waals surface area contributed by atoms with Gasteiger partial charge in [-0.05, 0) is 80.3 Å². The smallest absolute Gasteiger partial charge is 0.444 e. The lowest BCUT2D eigenvalue weighted by Crippen LogP contribution is -2.47. The summed E-state index contributed by atoms with van der Waals surface area (Å²) in [6.45, 7) is 18.7. The Kier molecular flexibility index (Phi) is 8.10. The molecular formula is C24H38BN3O6. The Labute approximate surface area is 203 Å². The molecule has 9 nitrogen and oxygen atoms in total. The molecule has 1 aliphatic rings. The number of hydrogen-bond acceptors (Lipinski definition) is 7. The van der Waals surface area contributed by atoms with Gasteiger partial charge in [-0.15, -0.1) is 0 Å². The summed E-state index contributed by atoms with van der Waals surface area (Å²) < 4.78 is 22.7. The van der Waals surface area contributed by atoms with Gasteiger partial charge in [0.05, 0.1) is 17.7 Å². The largest absolute Gasteiger partial charge is 0.494 e. The van der Waals surface area contributed by atoms with Crippen LogP contribution >= 0.6 is 0 Å². The zero-order chi connectivity index (χ0) is 25.9. The predicted octanol–water partition coefficient (Wildman–Crippen LogP) is 3.89. The normalized spacial score (nSPS) is 17.1. The molecule has 34 heavy (non-hydrogen) atoms. The van der Waals surface area contributed by atoms with Gasteiger partial charge in [0.15, 0.2) is 0 Å². The number of guanidine groups is 1. The van der Waals surface area contributed by atoms with E-state index in [0.717, 1.165) is 11.0 Å². The van der Waals surface area contributed by atoms with Crippen LogP contribution in [0.2, 0.25) is 0 Å². The number of alkyl carbamates (subject to hydrolysis) is 2. The first-order valence-corrected chi connectivity index (χ1v) is 11.4. The number of carbonyl (C=O) groups excluding carboxylic acids is 2. The van der Waals surface area contributed by atoms with Crippen LogP contribution < -0.4 is 16.1 Å². The van der Waals surface area contributed by atoms with Crippen molar-refractivity contribution in [1.82, 2.24) is 10.6 Å². The Morgan fingerprint density at radius 3 is 1.65 bits per heavy atom. The molecule has 10 heteroatoms. The molecule has 2 rings (SSSR count). The number of carbonyl (C=O) groups is 2. The highest BCUT2D eigenvalue weighted by Crippen LogP contribution is 2.36. The molecule has 1 saturated heterocycles. The number of rotatable bonds is 3. The van der Waals surface area contributed by atoms with Crippen LogP contribution in [0.1, 0.15) is 74.8 Å². The molecule has 0 saturated carbocycles. The van der Waals surface area contributed by atoms with Crippen molar-refractivity contribution in [2.45, 2.75) is 98.2 Å². The summed E-state index contributed by atoms with van der Waals surface area (Å²) in [7, 11) is -0.458. The maximum Gasteiger partial charge on any atom is 0.494 e. The van der Waals surface area contributed by atoms with Crippen LogP contribution in [0.5, 0.6) is 0 Å². The summed E-state index contributed by atoms with van der Waals surface area (Å²) in [5.41, 5.74) is -0.499. The van der Waals surface area contributed by atoms with Gasteiger partial charge < -0.3 is 18.8 Å². The van der Waals surface area contributed by atoms with Crippen LogP contribution in [0, 0.1) is 0 Å². The van der Waals surface area contributed by atoms with E-state index in [2.05, 4.69) is 15.6 Å². The number of ether oxygens (including phenoxy) is 2. The van der Waals surface area contributed by atoms with Crippen LogP contribution in [-0.2, 0) is 25.3 Å². The van der Waals surface area contributed by atoms with Gasteiger partial charge in [0.25, 0.3) is 0 Å². The average molecular weight is 475 g/mol. The van der Waals surface area contributed by atoms with Crippen LogP contribution in [-0.4, -0.2) is 47.7 Å². The van der Waals surface area contributed by atoms with E-state index in [1.54, 1.807) is 41.5 Å². The van der Waals surface area contributed by atoms with E-state index in [4.69, 9.17) is 18.8 Å². The first-order chi connectivity index (χ1) is 15.4. The van der Waals surface area contributed by atoms with Crippen LogP contribution in [0.3, 0.4) is 0 Å². The minimum absolute atomic E-state index is 0.0708. The minimum Gasteiger partial charge on any atom is -0.444 e. The van der Waals surface area contributed by atoms with Crippen molar-refractivity contribution in [2.24, 2.45) is 4.99 Å². The number of hydrogen-bond donors (Lipinski definition) is 2. The molecule has 188 valence electrons. The molecule has 0 atom stereocenters. The van der Waals surface area contributed by atoms with E-state index >= 15 is 0 Å². The molecule has 0 radical (unpaired) electrons.